The van der Waals surface area contributed by atoms with Gasteiger partial charge in [-0.1, -0.05) is 23.8 Å². The second-order valence-corrected chi connectivity index (χ2v) is 8.47. The van der Waals surface area contributed by atoms with Crippen LogP contribution in [0.15, 0.2) is 66.0 Å². The highest BCUT2D eigenvalue weighted by Gasteiger charge is 2.12. The highest BCUT2D eigenvalue weighted by molar-refractivity contribution is 7.98. The molecule has 0 bridgehead atoms. The largest absolute Gasteiger partial charge is 0.355 e. The minimum absolute atomic E-state index is 0.833. The third-order valence-corrected chi connectivity index (χ3v) is 5.96. The summed E-state index contributed by atoms with van der Waals surface area (Å²) < 4.78 is 2.24. The smallest absolute Gasteiger partial charge is 0.0618 e. The molecule has 2 N–H and O–H groups in total. The van der Waals surface area contributed by atoms with Crippen LogP contribution in [0, 0.1) is 20.8 Å². The quantitative estimate of drug-likeness (QED) is 0.416. The highest BCUT2D eigenvalue weighted by atomic mass is 32.2. The van der Waals surface area contributed by atoms with Crippen molar-refractivity contribution in [2.75, 3.05) is 12.4 Å². The molecule has 2 aromatic heterocycles. The molecule has 0 aliphatic heterocycles. The van der Waals surface area contributed by atoms with Crippen LogP contribution in [-0.2, 0) is 6.54 Å². The molecular formula is C24H26N4S. The Balaban J connectivity index is 1.75. The number of aromatic nitrogens is 2. The molecule has 0 radical (unpaired) electrons. The van der Waals surface area contributed by atoms with E-state index in [0.29, 0.717) is 0 Å². The Bertz CT molecular complexity index is 1130. The van der Waals surface area contributed by atoms with Crippen molar-refractivity contribution in [1.29, 1.82) is 0 Å². The molecule has 0 aliphatic rings. The summed E-state index contributed by atoms with van der Waals surface area (Å²) >= 11 is 1.69. The fourth-order valence-corrected chi connectivity index (χ4v) is 4.69. The average molecular weight is 403 g/mol. The van der Waals surface area contributed by atoms with Crippen molar-refractivity contribution < 1.29 is 0 Å². The molecule has 0 unspecified atom stereocenters. The lowest BCUT2D eigenvalue weighted by Crippen LogP contribution is -2.04. The second-order valence-electron chi connectivity index (χ2n) is 7.42. The topological polar surface area (TPSA) is 41.9 Å². The molecule has 5 heteroatoms. The fraction of sp³-hybridized carbons (Fsp3) is 0.208. The molecule has 0 saturated carbocycles. The Kier molecular flexibility index (Phi) is 5.60. The first-order chi connectivity index (χ1) is 14.0. The zero-order valence-electron chi connectivity index (χ0n) is 17.3. The van der Waals surface area contributed by atoms with Gasteiger partial charge in [0.1, 0.15) is 0 Å². The minimum Gasteiger partial charge on any atom is -0.355 e. The number of nitrogens with zero attached hydrogens (tertiary/aromatic N) is 2. The summed E-state index contributed by atoms with van der Waals surface area (Å²) in [7, 11) is 1.98. The van der Waals surface area contributed by atoms with E-state index in [1.807, 2.05) is 19.3 Å². The van der Waals surface area contributed by atoms with Gasteiger partial charge < -0.3 is 10.6 Å². The van der Waals surface area contributed by atoms with Gasteiger partial charge in [0, 0.05) is 46.8 Å². The zero-order chi connectivity index (χ0) is 20.4. The number of hydrogen-bond acceptors (Lipinski definition) is 4. The molecule has 4 nitrogen and oxygen atoms in total. The number of pyridine rings is 1. The number of hydrogen-bond donors (Lipinski definition) is 2. The first-order valence-corrected chi connectivity index (χ1v) is 10.5. The van der Waals surface area contributed by atoms with E-state index < -0.39 is 0 Å². The molecule has 2 aromatic carbocycles. The van der Waals surface area contributed by atoms with E-state index in [4.69, 9.17) is 0 Å². The molecule has 148 valence electrons. The number of rotatable bonds is 6. The summed E-state index contributed by atoms with van der Waals surface area (Å²) in [6.45, 7) is 7.29. The molecule has 4 rings (SSSR count). The fourth-order valence-electron chi connectivity index (χ4n) is 3.79. The van der Waals surface area contributed by atoms with Crippen LogP contribution in [0.2, 0.25) is 0 Å². The van der Waals surface area contributed by atoms with Gasteiger partial charge >= 0.3 is 0 Å². The normalized spacial score (nSPS) is 11.2. The van der Waals surface area contributed by atoms with Gasteiger partial charge in [0.25, 0.3) is 0 Å². The van der Waals surface area contributed by atoms with Crippen LogP contribution in [0.1, 0.15) is 22.3 Å². The number of fused-ring (bicyclic) bond motifs is 1. The summed E-state index contributed by atoms with van der Waals surface area (Å²) in [5.41, 5.74) is 8.57. The van der Waals surface area contributed by atoms with Crippen LogP contribution < -0.4 is 10.6 Å². The van der Waals surface area contributed by atoms with Crippen molar-refractivity contribution in [3.05, 3.63) is 83.3 Å². The Labute approximate surface area is 176 Å². The second kappa shape index (κ2) is 8.31. The molecule has 0 aliphatic carbocycles. The van der Waals surface area contributed by atoms with E-state index in [1.54, 1.807) is 18.1 Å². The molecule has 0 amide bonds. The van der Waals surface area contributed by atoms with Gasteiger partial charge in [0.2, 0.25) is 0 Å². The van der Waals surface area contributed by atoms with Gasteiger partial charge in [-0.25, -0.2) is 0 Å². The first kappa shape index (κ1) is 19.6. The van der Waals surface area contributed by atoms with Gasteiger partial charge in [0.15, 0.2) is 0 Å². The Morgan fingerprint density at radius 2 is 1.83 bits per heavy atom. The van der Waals surface area contributed by atoms with E-state index in [1.165, 1.54) is 38.8 Å². The molecule has 0 spiro atoms. The number of benzene rings is 2. The van der Waals surface area contributed by atoms with Gasteiger partial charge in [-0.15, -0.1) is 0 Å². The molecule has 4 aromatic rings. The Hall–Kier alpha value is -2.76. The van der Waals surface area contributed by atoms with Gasteiger partial charge in [-0.3, -0.25) is 8.96 Å². The molecule has 0 fully saturated rings. The third-order valence-electron chi connectivity index (χ3n) is 5.01. The van der Waals surface area contributed by atoms with Gasteiger partial charge in [0.05, 0.1) is 5.52 Å². The summed E-state index contributed by atoms with van der Waals surface area (Å²) in [6.07, 6.45) is 5.92. The third kappa shape index (κ3) is 4.16. The van der Waals surface area contributed by atoms with Gasteiger partial charge in [-0.2, -0.15) is 0 Å². The predicted molar refractivity (Wildman–Crippen MR) is 124 cm³/mol. The maximum atomic E-state index is 4.25. The summed E-state index contributed by atoms with van der Waals surface area (Å²) in [5.74, 6) is 0. The van der Waals surface area contributed by atoms with E-state index in [-0.39, 0.29) is 0 Å². The standard InChI is InChI=1S/C24H26N4S/c1-16-10-17(2)24(18(3)11-16)27-20-7-8-22-19(13-25-4)15-28(23(22)12-20)29-21-6-5-9-26-14-21/h5-12,14-15,25,27H,13H2,1-4H3. The summed E-state index contributed by atoms with van der Waals surface area (Å²) in [4.78, 5) is 5.36. The lowest BCUT2D eigenvalue weighted by molar-refractivity contribution is 0.822. The van der Waals surface area contributed by atoms with Crippen LogP contribution in [0.4, 0.5) is 11.4 Å². The van der Waals surface area contributed by atoms with E-state index in [9.17, 15) is 0 Å². The average Bonchev–Trinajstić information content (AvgIpc) is 3.02. The SMILES string of the molecule is CNCc1cn(Sc2cccnc2)c2cc(Nc3c(C)cc(C)cc3C)ccc12. The van der Waals surface area contributed by atoms with Crippen LogP contribution in [-0.4, -0.2) is 16.0 Å². The van der Waals surface area contributed by atoms with Crippen molar-refractivity contribution in [1.82, 2.24) is 14.3 Å². The predicted octanol–water partition coefficient (Wildman–Crippen LogP) is 5.98. The van der Waals surface area contributed by atoms with Crippen molar-refractivity contribution in [3.63, 3.8) is 0 Å². The maximum Gasteiger partial charge on any atom is 0.0618 e. The zero-order valence-corrected chi connectivity index (χ0v) is 18.1. The van der Waals surface area contributed by atoms with Crippen molar-refractivity contribution in [2.45, 2.75) is 32.2 Å². The number of aryl methyl sites for hydroxylation is 3. The van der Waals surface area contributed by atoms with Crippen LogP contribution >= 0.6 is 11.9 Å². The number of anilines is 2. The lowest BCUT2D eigenvalue weighted by Gasteiger charge is -2.14. The highest BCUT2D eigenvalue weighted by Crippen LogP contribution is 2.33. The first-order valence-electron chi connectivity index (χ1n) is 9.77. The Morgan fingerprint density at radius 3 is 2.52 bits per heavy atom. The maximum absolute atomic E-state index is 4.25. The number of nitrogens with one attached hydrogen (secondary N) is 2. The van der Waals surface area contributed by atoms with E-state index in [0.717, 1.165) is 17.1 Å². The minimum atomic E-state index is 0.833. The Morgan fingerprint density at radius 1 is 1.03 bits per heavy atom. The lowest BCUT2D eigenvalue weighted by atomic mass is 10.0. The summed E-state index contributed by atoms with van der Waals surface area (Å²) in [6, 6.07) is 15.1. The van der Waals surface area contributed by atoms with Crippen LogP contribution in [0.25, 0.3) is 10.9 Å². The van der Waals surface area contributed by atoms with E-state index >= 15 is 0 Å². The monoisotopic (exact) mass is 402 g/mol. The van der Waals surface area contributed by atoms with Crippen LogP contribution in [0.3, 0.4) is 0 Å². The van der Waals surface area contributed by atoms with Crippen LogP contribution in [0.5, 0.6) is 0 Å². The summed E-state index contributed by atoms with van der Waals surface area (Å²) in [5, 5.41) is 8.18. The van der Waals surface area contributed by atoms with Crippen molar-refractivity contribution >= 4 is 34.2 Å². The molecule has 0 atom stereocenters. The molecule has 2 heterocycles. The molecule has 29 heavy (non-hydrogen) atoms. The molecular weight excluding hydrogens is 376 g/mol. The molecule has 0 saturated heterocycles. The van der Waals surface area contributed by atoms with E-state index in [2.05, 4.69) is 83.0 Å². The van der Waals surface area contributed by atoms with Crippen molar-refractivity contribution in [3.8, 4) is 0 Å². The van der Waals surface area contributed by atoms with Gasteiger partial charge in [-0.05, 0) is 80.7 Å². The van der Waals surface area contributed by atoms with Crippen molar-refractivity contribution in [2.24, 2.45) is 0 Å².